The van der Waals surface area contributed by atoms with Crippen molar-refractivity contribution in [2.75, 3.05) is 33.3 Å². The van der Waals surface area contributed by atoms with Gasteiger partial charge in [0.2, 0.25) is 14.8 Å². The first kappa shape index (κ1) is 19.6. The van der Waals surface area contributed by atoms with Crippen LogP contribution in [0.1, 0.15) is 24.7 Å². The highest BCUT2D eigenvalue weighted by Crippen LogP contribution is 2.35. The van der Waals surface area contributed by atoms with Crippen molar-refractivity contribution in [1.29, 1.82) is 0 Å². The van der Waals surface area contributed by atoms with Crippen LogP contribution in [-0.4, -0.2) is 60.4 Å². The third-order valence-electron chi connectivity index (χ3n) is 5.45. The zero-order valence-electron chi connectivity index (χ0n) is 16.2. The molecule has 0 atom stereocenters. The largest absolute Gasteiger partial charge is 0.497 e. The highest BCUT2D eigenvalue weighted by Gasteiger charge is 2.32. The summed E-state index contributed by atoms with van der Waals surface area (Å²) in [5.74, 6) is 1.61. The number of aromatic nitrogens is 3. The number of nitrogens with zero attached hydrogens (tertiary/aromatic N) is 4. The topological polar surface area (TPSA) is 73.8 Å². The number of rotatable bonds is 6. The minimum absolute atomic E-state index is 0.303. The number of benzene rings is 1. The highest BCUT2D eigenvalue weighted by molar-refractivity contribution is 7.89. The minimum Gasteiger partial charge on any atom is -0.497 e. The molecule has 1 aromatic heterocycles. The molecule has 1 saturated carbocycles. The fourth-order valence-electron chi connectivity index (χ4n) is 3.69. The van der Waals surface area contributed by atoms with Gasteiger partial charge >= 0.3 is 0 Å². The third kappa shape index (κ3) is 3.73. The molecule has 10 heteroatoms. The molecule has 0 amide bonds. The molecule has 2 heterocycles. The number of methoxy groups -OCH3 is 1. The number of hydrogen-bond donors (Lipinski definition) is 1. The van der Waals surface area contributed by atoms with Crippen molar-refractivity contribution < 1.29 is 18.1 Å². The molecule has 1 saturated heterocycles. The molecule has 8 nitrogen and oxygen atoms in total. The summed E-state index contributed by atoms with van der Waals surface area (Å²) in [6, 6.07) is 7.06. The molecule has 2 fully saturated rings. The zero-order valence-corrected chi connectivity index (χ0v) is 17.8. The van der Waals surface area contributed by atoms with Crippen LogP contribution >= 0.6 is 12.2 Å². The lowest BCUT2D eigenvalue weighted by atomic mass is 10.3. The van der Waals surface area contributed by atoms with Crippen LogP contribution in [0.25, 0.3) is 0 Å². The van der Waals surface area contributed by atoms with Crippen LogP contribution < -0.4 is 9.64 Å². The molecular formula is C18H26N5O3S2+. The SMILES string of the molecule is COc1ccc(S(=O)(=O)N2CC[NH+](Cn3nc(C)n(C4CC4)c3=S)CC2)cc1. The standard InChI is InChI=1S/C18H25N5O3S2/c1-14-19-22(18(27)23(14)15-3-4-15)13-20-9-11-21(12-10-20)28(24,25)17-7-5-16(26-2)6-8-17/h5-8,15H,3-4,9-13H2,1-2H3/p+1. The van der Waals surface area contributed by atoms with Crippen LogP contribution in [0.3, 0.4) is 0 Å². The van der Waals surface area contributed by atoms with Crippen LogP contribution in [0.2, 0.25) is 0 Å². The smallest absolute Gasteiger partial charge is 0.243 e. The summed E-state index contributed by atoms with van der Waals surface area (Å²) in [5.41, 5.74) is 0. The van der Waals surface area contributed by atoms with Crippen molar-refractivity contribution in [2.45, 2.75) is 37.4 Å². The Labute approximate surface area is 170 Å². The lowest BCUT2D eigenvalue weighted by Gasteiger charge is -2.31. The monoisotopic (exact) mass is 424 g/mol. The Morgan fingerprint density at radius 3 is 2.43 bits per heavy atom. The predicted octanol–water partition coefficient (Wildman–Crippen LogP) is 0.613. The van der Waals surface area contributed by atoms with Crippen LogP contribution in [0.15, 0.2) is 29.2 Å². The van der Waals surface area contributed by atoms with Gasteiger partial charge in [0.1, 0.15) is 11.6 Å². The van der Waals surface area contributed by atoms with Crippen LogP contribution in [0, 0.1) is 11.7 Å². The van der Waals surface area contributed by atoms with Gasteiger partial charge in [0.05, 0.1) is 38.2 Å². The van der Waals surface area contributed by atoms with Gasteiger partial charge in [-0.15, -0.1) is 0 Å². The van der Waals surface area contributed by atoms with E-state index in [9.17, 15) is 8.42 Å². The second-order valence-corrected chi connectivity index (χ2v) is 9.72. The number of quaternary nitrogens is 1. The first-order valence-electron chi connectivity index (χ1n) is 9.54. The third-order valence-corrected chi connectivity index (χ3v) is 7.77. The lowest BCUT2D eigenvalue weighted by molar-refractivity contribution is -0.926. The number of nitrogens with one attached hydrogen (secondary N) is 1. The van der Waals surface area contributed by atoms with Gasteiger partial charge in [-0.25, -0.2) is 8.42 Å². The Balaban J connectivity index is 1.40. The average Bonchev–Trinajstić information content (AvgIpc) is 3.48. The van der Waals surface area contributed by atoms with Crippen LogP contribution in [0.4, 0.5) is 0 Å². The van der Waals surface area contributed by atoms with Gasteiger partial charge in [0.15, 0.2) is 6.67 Å². The maximum Gasteiger partial charge on any atom is 0.243 e. The summed E-state index contributed by atoms with van der Waals surface area (Å²) in [6.07, 6.45) is 2.35. The Kier molecular flexibility index (Phi) is 5.30. The molecule has 0 radical (unpaired) electrons. The van der Waals surface area contributed by atoms with E-state index in [-0.39, 0.29) is 0 Å². The molecule has 28 heavy (non-hydrogen) atoms. The Morgan fingerprint density at radius 2 is 1.86 bits per heavy atom. The van der Waals surface area contributed by atoms with Crippen molar-refractivity contribution in [3.8, 4) is 5.75 Å². The highest BCUT2D eigenvalue weighted by atomic mass is 32.2. The van der Waals surface area contributed by atoms with E-state index in [0.717, 1.165) is 23.7 Å². The molecule has 1 aromatic carbocycles. The molecule has 0 unspecified atom stereocenters. The van der Waals surface area contributed by atoms with Gasteiger partial charge in [-0.2, -0.15) is 14.1 Å². The van der Waals surface area contributed by atoms with Gasteiger partial charge in [-0.05, 0) is 56.2 Å². The van der Waals surface area contributed by atoms with E-state index in [1.165, 1.54) is 17.7 Å². The number of hydrogen-bond acceptors (Lipinski definition) is 5. The number of ether oxygens (including phenoxy) is 1. The van der Waals surface area contributed by atoms with E-state index in [0.29, 0.717) is 36.4 Å². The minimum atomic E-state index is -3.48. The number of aryl methyl sites for hydroxylation is 1. The molecule has 1 aliphatic carbocycles. The second-order valence-electron chi connectivity index (χ2n) is 7.42. The van der Waals surface area contributed by atoms with E-state index < -0.39 is 10.0 Å². The molecule has 1 N–H and O–H groups in total. The Hall–Kier alpha value is -1.75. The van der Waals surface area contributed by atoms with Gasteiger partial charge in [0.25, 0.3) is 0 Å². The van der Waals surface area contributed by atoms with Gasteiger partial charge in [-0.3, -0.25) is 0 Å². The van der Waals surface area contributed by atoms with Crippen molar-refractivity contribution in [3.05, 3.63) is 34.9 Å². The van der Waals surface area contributed by atoms with Crippen molar-refractivity contribution in [2.24, 2.45) is 0 Å². The Morgan fingerprint density at radius 1 is 1.21 bits per heavy atom. The molecule has 4 rings (SSSR count). The fraction of sp³-hybridized carbons (Fsp3) is 0.556. The molecule has 2 aromatic rings. The first-order valence-corrected chi connectivity index (χ1v) is 11.4. The quantitative estimate of drug-likeness (QED) is 0.688. The normalized spacial score (nSPS) is 19.1. The molecule has 1 aliphatic heterocycles. The molecular weight excluding hydrogens is 398 g/mol. The van der Waals surface area contributed by atoms with Gasteiger partial charge in [0, 0.05) is 6.04 Å². The summed E-state index contributed by atoms with van der Waals surface area (Å²) in [5, 5.41) is 4.61. The van der Waals surface area contributed by atoms with E-state index in [1.54, 1.807) is 35.7 Å². The van der Waals surface area contributed by atoms with E-state index >= 15 is 0 Å². The second kappa shape index (κ2) is 7.58. The fourth-order valence-corrected chi connectivity index (χ4v) is 5.52. The molecule has 2 aliphatic rings. The summed E-state index contributed by atoms with van der Waals surface area (Å²) >= 11 is 5.60. The molecule has 0 bridgehead atoms. The summed E-state index contributed by atoms with van der Waals surface area (Å²) < 4.78 is 37.2. The predicted molar refractivity (Wildman–Crippen MR) is 107 cm³/mol. The van der Waals surface area contributed by atoms with Gasteiger partial charge < -0.3 is 14.2 Å². The molecule has 152 valence electrons. The van der Waals surface area contributed by atoms with Crippen molar-refractivity contribution in [3.63, 3.8) is 0 Å². The van der Waals surface area contributed by atoms with Crippen molar-refractivity contribution in [1.82, 2.24) is 18.7 Å². The maximum atomic E-state index is 12.9. The van der Waals surface area contributed by atoms with Crippen LogP contribution in [-0.2, 0) is 16.7 Å². The first-order chi connectivity index (χ1) is 13.4. The van der Waals surface area contributed by atoms with Crippen molar-refractivity contribution >= 4 is 22.2 Å². The molecule has 0 spiro atoms. The van der Waals surface area contributed by atoms with E-state index in [2.05, 4.69) is 9.67 Å². The van der Waals surface area contributed by atoms with E-state index in [4.69, 9.17) is 17.0 Å². The number of piperazine rings is 1. The lowest BCUT2D eigenvalue weighted by Crippen LogP contribution is -3.14. The Bertz CT molecular complexity index is 1000. The van der Waals surface area contributed by atoms with Crippen LogP contribution in [0.5, 0.6) is 5.75 Å². The van der Waals surface area contributed by atoms with Gasteiger partial charge in [-0.1, -0.05) is 0 Å². The summed E-state index contributed by atoms with van der Waals surface area (Å²) in [6.45, 7) is 5.10. The zero-order chi connectivity index (χ0) is 19.9. The number of sulfonamides is 1. The average molecular weight is 425 g/mol. The summed E-state index contributed by atoms with van der Waals surface area (Å²) in [4.78, 5) is 1.59. The van der Waals surface area contributed by atoms with E-state index in [1.807, 2.05) is 11.6 Å². The maximum absolute atomic E-state index is 12.9. The summed E-state index contributed by atoms with van der Waals surface area (Å²) in [7, 11) is -1.92.